The van der Waals surface area contributed by atoms with Crippen molar-refractivity contribution in [2.75, 3.05) is 23.0 Å². The van der Waals surface area contributed by atoms with Crippen LogP contribution in [-0.2, 0) is 14.6 Å². The van der Waals surface area contributed by atoms with E-state index in [1.807, 2.05) is 30.3 Å². The second-order valence-electron chi connectivity index (χ2n) is 6.57. The maximum absolute atomic E-state index is 12.4. The fourth-order valence-corrected chi connectivity index (χ4v) is 5.28. The van der Waals surface area contributed by atoms with E-state index in [0.29, 0.717) is 19.0 Å². The van der Waals surface area contributed by atoms with Gasteiger partial charge >= 0.3 is 0 Å². The summed E-state index contributed by atoms with van der Waals surface area (Å²) in [5.41, 5.74) is 1.06. The van der Waals surface area contributed by atoms with E-state index in [1.54, 1.807) is 0 Å². The summed E-state index contributed by atoms with van der Waals surface area (Å²) in [4.78, 5) is 14.6. The number of hydrogen-bond donors (Lipinski definition) is 1. The molecule has 0 unspecified atom stereocenters. The molecule has 1 amide bonds. The predicted octanol–water partition coefficient (Wildman–Crippen LogP) is 1.74. The van der Waals surface area contributed by atoms with Gasteiger partial charge in [0.15, 0.2) is 9.84 Å². The largest absolute Gasteiger partial charge is 0.359 e. The molecule has 2 fully saturated rings. The first-order valence-electron chi connectivity index (χ1n) is 8.35. The monoisotopic (exact) mass is 336 g/mol. The van der Waals surface area contributed by atoms with Crippen LogP contribution in [0.3, 0.4) is 0 Å². The Morgan fingerprint density at radius 2 is 1.83 bits per heavy atom. The highest BCUT2D eigenvalue weighted by molar-refractivity contribution is 7.91. The number of nitrogens with one attached hydrogen (secondary N) is 1. The van der Waals surface area contributed by atoms with Gasteiger partial charge in [-0.15, -0.1) is 0 Å². The van der Waals surface area contributed by atoms with Crippen molar-refractivity contribution in [1.29, 1.82) is 0 Å². The highest BCUT2D eigenvalue weighted by Crippen LogP contribution is 2.28. The number of rotatable bonds is 5. The lowest BCUT2D eigenvalue weighted by Gasteiger charge is -2.31. The third-order valence-corrected chi connectivity index (χ3v) is 6.53. The molecule has 1 saturated heterocycles. The molecule has 1 aliphatic heterocycles. The fourth-order valence-electron chi connectivity index (χ4n) is 3.60. The van der Waals surface area contributed by atoms with Crippen molar-refractivity contribution in [2.24, 2.45) is 0 Å². The van der Waals surface area contributed by atoms with E-state index in [1.165, 1.54) is 12.8 Å². The number of amides is 1. The van der Waals surface area contributed by atoms with Crippen LogP contribution < -0.4 is 10.2 Å². The van der Waals surface area contributed by atoms with Crippen molar-refractivity contribution in [2.45, 2.75) is 44.2 Å². The number of nitrogens with zero attached hydrogens (tertiary/aromatic N) is 1. The minimum absolute atomic E-state index is 0.0769. The highest BCUT2D eigenvalue weighted by Gasteiger charge is 2.30. The molecule has 1 saturated carbocycles. The molecule has 1 heterocycles. The molecule has 2 aliphatic rings. The van der Waals surface area contributed by atoms with Gasteiger partial charge in [-0.25, -0.2) is 8.42 Å². The zero-order valence-electron chi connectivity index (χ0n) is 13.3. The second kappa shape index (κ2) is 6.91. The SMILES string of the molecule is O=C(CN(c1ccccc1)C1CCCC1)N[C@@H]1CCS(=O)(=O)C1. The molecule has 1 N–H and O–H groups in total. The van der Waals surface area contributed by atoms with Crippen molar-refractivity contribution < 1.29 is 13.2 Å². The van der Waals surface area contributed by atoms with Crippen molar-refractivity contribution >= 4 is 21.4 Å². The minimum Gasteiger partial charge on any atom is -0.359 e. The van der Waals surface area contributed by atoms with E-state index < -0.39 is 9.84 Å². The standard InChI is InChI=1S/C17H24N2O3S/c20-17(18-14-10-11-23(21,22)13-14)12-19(16-8-4-5-9-16)15-6-2-1-3-7-15/h1-3,6-7,14,16H,4-5,8-13H2,(H,18,20)/t14-/m1/s1. The van der Waals surface area contributed by atoms with Gasteiger partial charge in [0, 0.05) is 17.8 Å². The van der Waals surface area contributed by atoms with Crippen LogP contribution in [0.5, 0.6) is 0 Å². The molecule has 1 aromatic rings. The van der Waals surface area contributed by atoms with E-state index in [-0.39, 0.29) is 23.5 Å². The molecule has 0 radical (unpaired) electrons. The number of carbonyl (C=O) groups excluding carboxylic acids is 1. The molecule has 0 bridgehead atoms. The van der Waals surface area contributed by atoms with Gasteiger partial charge in [-0.1, -0.05) is 31.0 Å². The van der Waals surface area contributed by atoms with Gasteiger partial charge in [-0.05, 0) is 31.4 Å². The average Bonchev–Trinajstić information content (AvgIpc) is 3.15. The van der Waals surface area contributed by atoms with E-state index >= 15 is 0 Å². The first kappa shape index (κ1) is 16.3. The summed E-state index contributed by atoms with van der Waals surface area (Å²) in [6, 6.07) is 10.2. The minimum atomic E-state index is -2.97. The summed E-state index contributed by atoms with van der Waals surface area (Å²) in [5.74, 6) is 0.180. The van der Waals surface area contributed by atoms with Gasteiger partial charge in [0.05, 0.1) is 18.1 Å². The van der Waals surface area contributed by atoms with Gasteiger partial charge in [-0.3, -0.25) is 4.79 Å². The number of carbonyl (C=O) groups is 1. The van der Waals surface area contributed by atoms with Gasteiger partial charge in [0.25, 0.3) is 0 Å². The molecule has 1 atom stereocenters. The van der Waals surface area contributed by atoms with E-state index in [0.717, 1.165) is 18.5 Å². The second-order valence-corrected chi connectivity index (χ2v) is 8.80. The highest BCUT2D eigenvalue weighted by atomic mass is 32.2. The van der Waals surface area contributed by atoms with Crippen LogP contribution in [0, 0.1) is 0 Å². The summed E-state index contributed by atoms with van der Waals surface area (Å²) in [7, 11) is -2.97. The first-order chi connectivity index (χ1) is 11.0. The van der Waals surface area contributed by atoms with Crippen LogP contribution in [0.4, 0.5) is 5.69 Å². The Balaban J connectivity index is 1.65. The summed E-state index contributed by atoms with van der Waals surface area (Å²) in [5, 5.41) is 2.90. The molecular weight excluding hydrogens is 312 g/mol. The van der Waals surface area contributed by atoms with Gasteiger partial charge in [0.2, 0.25) is 5.91 Å². The van der Waals surface area contributed by atoms with Crippen LogP contribution in [0.1, 0.15) is 32.1 Å². The van der Waals surface area contributed by atoms with E-state index in [2.05, 4.69) is 10.2 Å². The predicted molar refractivity (Wildman–Crippen MR) is 91.2 cm³/mol. The van der Waals surface area contributed by atoms with Crippen molar-refractivity contribution in [1.82, 2.24) is 5.32 Å². The number of benzene rings is 1. The number of para-hydroxylation sites is 1. The topological polar surface area (TPSA) is 66.5 Å². The average molecular weight is 336 g/mol. The zero-order chi connectivity index (χ0) is 16.3. The van der Waals surface area contributed by atoms with Crippen molar-refractivity contribution in [3.05, 3.63) is 30.3 Å². The summed E-state index contributed by atoms with van der Waals surface area (Å²) in [6.07, 6.45) is 5.16. The van der Waals surface area contributed by atoms with Gasteiger partial charge < -0.3 is 10.2 Å². The van der Waals surface area contributed by atoms with Crippen LogP contribution in [-0.4, -0.2) is 44.5 Å². The van der Waals surface area contributed by atoms with E-state index in [4.69, 9.17) is 0 Å². The Bertz CT molecular complexity index is 639. The molecular formula is C17H24N2O3S. The number of hydrogen-bond acceptors (Lipinski definition) is 4. The van der Waals surface area contributed by atoms with E-state index in [9.17, 15) is 13.2 Å². The lowest BCUT2D eigenvalue weighted by Crippen LogP contribution is -2.45. The van der Waals surface area contributed by atoms with Crippen LogP contribution in [0.15, 0.2) is 30.3 Å². The van der Waals surface area contributed by atoms with Gasteiger partial charge in [-0.2, -0.15) is 0 Å². The Hall–Kier alpha value is -1.56. The molecule has 126 valence electrons. The van der Waals surface area contributed by atoms with Crippen LogP contribution in [0.25, 0.3) is 0 Å². The molecule has 1 aliphatic carbocycles. The Kier molecular flexibility index (Phi) is 4.90. The molecule has 0 aromatic heterocycles. The molecule has 23 heavy (non-hydrogen) atoms. The van der Waals surface area contributed by atoms with Crippen LogP contribution >= 0.6 is 0 Å². The normalized spacial score (nSPS) is 23.7. The number of anilines is 1. The molecule has 1 aromatic carbocycles. The van der Waals surface area contributed by atoms with Crippen molar-refractivity contribution in [3.8, 4) is 0 Å². The quantitative estimate of drug-likeness (QED) is 0.889. The Morgan fingerprint density at radius 3 is 2.43 bits per heavy atom. The third-order valence-electron chi connectivity index (χ3n) is 4.76. The molecule has 0 spiro atoms. The number of sulfone groups is 1. The maximum Gasteiger partial charge on any atom is 0.239 e. The lowest BCUT2D eigenvalue weighted by molar-refractivity contribution is -0.120. The molecule has 6 heteroatoms. The van der Waals surface area contributed by atoms with Crippen LogP contribution in [0.2, 0.25) is 0 Å². The molecule has 5 nitrogen and oxygen atoms in total. The fraction of sp³-hybridized carbons (Fsp3) is 0.588. The summed E-state index contributed by atoms with van der Waals surface area (Å²) < 4.78 is 23.0. The third kappa shape index (κ3) is 4.25. The molecule has 3 rings (SSSR count). The smallest absolute Gasteiger partial charge is 0.239 e. The zero-order valence-corrected chi connectivity index (χ0v) is 14.1. The Morgan fingerprint density at radius 1 is 1.13 bits per heavy atom. The first-order valence-corrected chi connectivity index (χ1v) is 10.2. The van der Waals surface area contributed by atoms with Crippen molar-refractivity contribution in [3.63, 3.8) is 0 Å². The maximum atomic E-state index is 12.4. The van der Waals surface area contributed by atoms with Gasteiger partial charge in [0.1, 0.15) is 0 Å². The lowest BCUT2D eigenvalue weighted by atomic mass is 10.1. The summed E-state index contributed by atoms with van der Waals surface area (Å²) in [6.45, 7) is 0.297. The Labute approximate surface area is 138 Å². The summed E-state index contributed by atoms with van der Waals surface area (Å²) >= 11 is 0.